The largest absolute Gasteiger partial charge is 0.295 e. The highest BCUT2D eigenvalue weighted by atomic mass is 35.5. The summed E-state index contributed by atoms with van der Waals surface area (Å²) in [7, 11) is 0. The van der Waals surface area contributed by atoms with Gasteiger partial charge < -0.3 is 0 Å². The van der Waals surface area contributed by atoms with Gasteiger partial charge in [-0.15, -0.1) is 0 Å². The monoisotopic (exact) mass is 217 g/mol. The van der Waals surface area contributed by atoms with E-state index in [1.54, 1.807) is 18.2 Å². The lowest BCUT2D eigenvalue weighted by molar-refractivity contribution is 0.101. The Morgan fingerprint density at radius 1 is 1.53 bits per heavy atom. The fourth-order valence-electron chi connectivity index (χ4n) is 1.01. The number of ketones is 1. The second-order valence-electron chi connectivity index (χ2n) is 2.89. The van der Waals surface area contributed by atoms with Crippen LogP contribution in [0.2, 0.25) is 5.02 Å². The van der Waals surface area contributed by atoms with E-state index in [4.69, 9.17) is 16.9 Å². The first-order chi connectivity index (χ1) is 7.15. The molecule has 0 amide bonds. The molecule has 0 aromatic heterocycles. The van der Waals surface area contributed by atoms with Crippen molar-refractivity contribution in [2.75, 3.05) is 0 Å². The Morgan fingerprint density at radius 3 is 2.80 bits per heavy atom. The number of nitriles is 1. The zero-order valence-electron chi connectivity index (χ0n) is 8.17. The van der Waals surface area contributed by atoms with E-state index in [0.717, 1.165) is 0 Å². The first-order valence-corrected chi connectivity index (χ1v) is 4.69. The maximum absolute atomic E-state index is 11.0. The van der Waals surface area contributed by atoms with E-state index in [9.17, 15) is 4.79 Å². The molecule has 0 saturated carbocycles. The van der Waals surface area contributed by atoms with E-state index in [2.05, 4.69) is 11.8 Å². The van der Waals surface area contributed by atoms with Gasteiger partial charge >= 0.3 is 0 Å². The Hall–Kier alpha value is -1.77. The summed E-state index contributed by atoms with van der Waals surface area (Å²) in [6.07, 6.45) is 0.171. The van der Waals surface area contributed by atoms with Crippen LogP contribution < -0.4 is 0 Å². The van der Waals surface area contributed by atoms with Crippen molar-refractivity contribution >= 4 is 17.4 Å². The maximum Gasteiger partial charge on any atom is 0.159 e. The lowest BCUT2D eigenvalue weighted by Crippen LogP contribution is -1.92. The molecule has 1 aromatic carbocycles. The standard InChI is InChI=1S/C12H8ClNO/c1-9(15)11-6-5-10(12(13)8-11)4-2-3-7-14/h5-6,8H,3H2,1H3. The normalized spacial score (nSPS) is 8.60. The first-order valence-electron chi connectivity index (χ1n) is 4.31. The molecule has 0 aliphatic heterocycles. The average Bonchev–Trinajstić information content (AvgIpc) is 2.20. The third kappa shape index (κ3) is 3.13. The van der Waals surface area contributed by atoms with Gasteiger partial charge in [0.25, 0.3) is 0 Å². The number of carbonyl (C=O) groups excluding carboxylic acids is 1. The van der Waals surface area contributed by atoms with Gasteiger partial charge in [-0.1, -0.05) is 29.5 Å². The number of halogens is 1. The van der Waals surface area contributed by atoms with Crippen LogP contribution in [-0.4, -0.2) is 5.78 Å². The number of benzene rings is 1. The predicted octanol–water partition coefficient (Wildman–Crippen LogP) is 2.81. The quantitative estimate of drug-likeness (QED) is 0.536. The third-order valence-corrected chi connectivity index (χ3v) is 2.08. The summed E-state index contributed by atoms with van der Waals surface area (Å²) in [5.41, 5.74) is 1.20. The Kier molecular flexibility index (Phi) is 3.92. The van der Waals surface area contributed by atoms with Gasteiger partial charge in [-0.3, -0.25) is 4.79 Å². The predicted molar refractivity (Wildman–Crippen MR) is 58.6 cm³/mol. The van der Waals surface area contributed by atoms with Gasteiger partial charge in [-0.05, 0) is 19.1 Å². The van der Waals surface area contributed by atoms with Gasteiger partial charge in [0.2, 0.25) is 0 Å². The van der Waals surface area contributed by atoms with Gasteiger partial charge in [0.05, 0.1) is 17.5 Å². The Morgan fingerprint density at radius 2 is 2.27 bits per heavy atom. The first kappa shape index (κ1) is 11.3. The van der Waals surface area contributed by atoms with Gasteiger partial charge in [0.1, 0.15) is 0 Å². The van der Waals surface area contributed by atoms with E-state index < -0.39 is 0 Å². The van der Waals surface area contributed by atoms with E-state index in [-0.39, 0.29) is 12.2 Å². The van der Waals surface area contributed by atoms with Crippen LogP contribution in [0.4, 0.5) is 0 Å². The molecule has 0 radical (unpaired) electrons. The highest BCUT2D eigenvalue weighted by molar-refractivity contribution is 6.32. The van der Waals surface area contributed by atoms with E-state index >= 15 is 0 Å². The zero-order valence-corrected chi connectivity index (χ0v) is 8.93. The summed E-state index contributed by atoms with van der Waals surface area (Å²) in [4.78, 5) is 11.0. The molecule has 1 rings (SSSR count). The highest BCUT2D eigenvalue weighted by Crippen LogP contribution is 2.17. The summed E-state index contributed by atoms with van der Waals surface area (Å²) in [6.45, 7) is 1.48. The Balaban J connectivity index is 3.01. The number of hydrogen-bond acceptors (Lipinski definition) is 2. The molecule has 0 bridgehead atoms. The fraction of sp³-hybridized carbons (Fsp3) is 0.167. The van der Waals surface area contributed by atoms with Crippen molar-refractivity contribution in [1.82, 2.24) is 0 Å². The minimum absolute atomic E-state index is 0.0339. The summed E-state index contributed by atoms with van der Waals surface area (Å²) < 4.78 is 0. The molecule has 15 heavy (non-hydrogen) atoms. The number of hydrogen-bond donors (Lipinski definition) is 0. The topological polar surface area (TPSA) is 40.9 Å². The van der Waals surface area contributed by atoms with Crippen LogP contribution in [0.15, 0.2) is 18.2 Å². The molecule has 0 fully saturated rings. The second kappa shape index (κ2) is 5.20. The SMILES string of the molecule is CC(=O)c1ccc(C#CCC#N)c(Cl)c1. The van der Waals surface area contributed by atoms with E-state index in [0.29, 0.717) is 16.1 Å². The minimum atomic E-state index is -0.0339. The molecule has 1 aromatic rings. The van der Waals surface area contributed by atoms with Crippen LogP contribution in [0.1, 0.15) is 29.3 Å². The van der Waals surface area contributed by atoms with Crippen molar-refractivity contribution in [2.24, 2.45) is 0 Å². The van der Waals surface area contributed by atoms with E-state index in [1.807, 2.05) is 6.07 Å². The summed E-state index contributed by atoms with van der Waals surface area (Å²) in [5.74, 6) is 5.39. The van der Waals surface area contributed by atoms with Crippen molar-refractivity contribution in [1.29, 1.82) is 5.26 Å². The summed E-state index contributed by atoms with van der Waals surface area (Å²) in [6, 6.07) is 6.86. The van der Waals surface area contributed by atoms with Crippen molar-refractivity contribution in [3.8, 4) is 17.9 Å². The molecule has 0 aliphatic rings. The summed E-state index contributed by atoms with van der Waals surface area (Å²) >= 11 is 5.91. The Labute approximate surface area is 93.5 Å². The fourth-order valence-corrected chi connectivity index (χ4v) is 1.24. The molecule has 3 heteroatoms. The molecule has 0 N–H and O–H groups in total. The van der Waals surface area contributed by atoms with Crippen LogP contribution in [-0.2, 0) is 0 Å². The second-order valence-corrected chi connectivity index (χ2v) is 3.29. The molecule has 0 saturated heterocycles. The molecule has 0 aliphatic carbocycles. The lowest BCUT2D eigenvalue weighted by Gasteiger charge is -1.98. The number of Topliss-reactive ketones (excluding diaryl/α,β-unsaturated/α-hetero) is 1. The van der Waals surface area contributed by atoms with Gasteiger partial charge in [0, 0.05) is 11.1 Å². The van der Waals surface area contributed by atoms with Crippen molar-refractivity contribution in [3.05, 3.63) is 34.3 Å². The molecule has 2 nitrogen and oxygen atoms in total. The van der Waals surface area contributed by atoms with Crippen LogP contribution in [0.5, 0.6) is 0 Å². The van der Waals surface area contributed by atoms with Crippen LogP contribution >= 0.6 is 11.6 Å². The minimum Gasteiger partial charge on any atom is -0.295 e. The van der Waals surface area contributed by atoms with Gasteiger partial charge in [0.15, 0.2) is 5.78 Å². The molecule has 0 spiro atoms. The Bertz CT molecular complexity index is 489. The average molecular weight is 218 g/mol. The maximum atomic E-state index is 11.0. The number of carbonyl (C=O) groups is 1. The molecule has 0 heterocycles. The van der Waals surface area contributed by atoms with Gasteiger partial charge in [-0.25, -0.2) is 0 Å². The van der Waals surface area contributed by atoms with E-state index in [1.165, 1.54) is 6.92 Å². The molecule has 74 valence electrons. The number of nitrogens with zero attached hydrogens (tertiary/aromatic N) is 1. The van der Waals surface area contributed by atoms with Crippen LogP contribution in [0.25, 0.3) is 0 Å². The van der Waals surface area contributed by atoms with Crippen molar-refractivity contribution < 1.29 is 4.79 Å². The summed E-state index contributed by atoms with van der Waals surface area (Å²) in [5, 5.41) is 8.74. The highest BCUT2D eigenvalue weighted by Gasteiger charge is 2.02. The van der Waals surface area contributed by atoms with Gasteiger partial charge in [-0.2, -0.15) is 5.26 Å². The molecular weight excluding hydrogens is 210 g/mol. The van der Waals surface area contributed by atoms with Crippen LogP contribution in [0.3, 0.4) is 0 Å². The lowest BCUT2D eigenvalue weighted by atomic mass is 10.1. The smallest absolute Gasteiger partial charge is 0.159 e. The third-order valence-electron chi connectivity index (χ3n) is 1.77. The zero-order chi connectivity index (χ0) is 11.3. The van der Waals surface area contributed by atoms with Crippen molar-refractivity contribution in [2.45, 2.75) is 13.3 Å². The number of rotatable bonds is 1. The van der Waals surface area contributed by atoms with Crippen molar-refractivity contribution in [3.63, 3.8) is 0 Å². The molecule has 0 unspecified atom stereocenters. The van der Waals surface area contributed by atoms with Crippen LogP contribution in [0, 0.1) is 23.2 Å². The molecular formula is C12H8ClNO. The molecule has 0 atom stereocenters.